The van der Waals surface area contributed by atoms with Gasteiger partial charge in [0.25, 0.3) is 5.91 Å². The third-order valence-electron chi connectivity index (χ3n) is 4.17. The van der Waals surface area contributed by atoms with E-state index in [1.54, 1.807) is 6.07 Å². The lowest BCUT2D eigenvalue weighted by molar-refractivity contribution is 0.0734. The summed E-state index contributed by atoms with van der Waals surface area (Å²) in [5, 5.41) is 5.16. The Hall–Kier alpha value is -1.40. The molecule has 0 aliphatic heterocycles. The van der Waals surface area contributed by atoms with Gasteiger partial charge in [-0.3, -0.25) is 4.79 Å². The van der Waals surface area contributed by atoms with Crippen LogP contribution in [0.1, 0.15) is 41.6 Å². The second kappa shape index (κ2) is 5.10. The van der Waals surface area contributed by atoms with Crippen molar-refractivity contribution in [3.8, 4) is 0 Å². The largest absolute Gasteiger partial charge is 0.335 e. The summed E-state index contributed by atoms with van der Waals surface area (Å²) >= 11 is 0. The maximum absolute atomic E-state index is 12.8. The molecule has 114 valence electrons. The van der Waals surface area contributed by atoms with Crippen LogP contribution in [0, 0.1) is 12.8 Å². The summed E-state index contributed by atoms with van der Waals surface area (Å²) in [5.74, 6) is 0.559. The van der Waals surface area contributed by atoms with E-state index >= 15 is 0 Å². The molecule has 6 heteroatoms. The molecule has 0 saturated heterocycles. The Morgan fingerprint density at radius 1 is 1.29 bits per heavy atom. The number of rotatable bonds is 5. The highest BCUT2D eigenvalue weighted by Crippen LogP contribution is 2.36. The molecule has 2 aliphatic carbocycles. The van der Waals surface area contributed by atoms with E-state index in [0.717, 1.165) is 24.9 Å². The molecule has 0 atom stereocenters. The van der Waals surface area contributed by atoms with Gasteiger partial charge in [0.05, 0.1) is 4.90 Å². The summed E-state index contributed by atoms with van der Waals surface area (Å²) in [5.41, 5.74) is 1.24. The quantitative estimate of drug-likeness (QED) is 0.898. The van der Waals surface area contributed by atoms with E-state index in [0.29, 0.717) is 17.5 Å². The molecule has 1 aromatic carbocycles. The Kier molecular flexibility index (Phi) is 3.53. The van der Waals surface area contributed by atoms with Gasteiger partial charge in [-0.05, 0) is 56.2 Å². The van der Waals surface area contributed by atoms with Crippen molar-refractivity contribution in [1.82, 2.24) is 4.90 Å². The minimum Gasteiger partial charge on any atom is -0.335 e. The highest BCUT2D eigenvalue weighted by Gasteiger charge is 2.37. The summed E-state index contributed by atoms with van der Waals surface area (Å²) < 4.78 is 23.0. The molecular formula is C15H20N2O3S. The first-order chi connectivity index (χ1) is 9.86. The van der Waals surface area contributed by atoms with Crippen LogP contribution >= 0.6 is 0 Å². The lowest BCUT2D eigenvalue weighted by Crippen LogP contribution is -2.35. The number of sulfonamides is 1. The van der Waals surface area contributed by atoms with Crippen LogP contribution in [0.15, 0.2) is 23.1 Å². The Bertz CT molecular complexity index is 676. The molecule has 3 rings (SSSR count). The summed E-state index contributed by atoms with van der Waals surface area (Å²) in [7, 11) is -3.79. The summed E-state index contributed by atoms with van der Waals surface area (Å²) in [6, 6.07) is 4.84. The van der Waals surface area contributed by atoms with E-state index in [2.05, 4.69) is 0 Å². The fourth-order valence-electron chi connectivity index (χ4n) is 2.53. The zero-order valence-corrected chi connectivity index (χ0v) is 12.9. The molecule has 5 nitrogen and oxygen atoms in total. The van der Waals surface area contributed by atoms with E-state index < -0.39 is 10.0 Å². The van der Waals surface area contributed by atoms with E-state index in [4.69, 9.17) is 5.14 Å². The van der Waals surface area contributed by atoms with E-state index in [-0.39, 0.29) is 10.8 Å². The monoisotopic (exact) mass is 308 g/mol. The number of amides is 1. The third kappa shape index (κ3) is 3.27. The van der Waals surface area contributed by atoms with Gasteiger partial charge in [-0.1, -0.05) is 6.07 Å². The van der Waals surface area contributed by atoms with Gasteiger partial charge in [0.2, 0.25) is 10.0 Å². The van der Waals surface area contributed by atoms with Gasteiger partial charge in [0, 0.05) is 18.2 Å². The fourth-order valence-corrected chi connectivity index (χ4v) is 3.07. The first-order valence-electron chi connectivity index (χ1n) is 7.30. The number of hydrogen-bond acceptors (Lipinski definition) is 3. The molecular weight excluding hydrogens is 288 g/mol. The van der Waals surface area contributed by atoms with Crippen molar-refractivity contribution >= 4 is 15.9 Å². The van der Waals surface area contributed by atoms with Crippen molar-refractivity contribution in [1.29, 1.82) is 0 Å². The molecule has 0 bridgehead atoms. The average molecular weight is 308 g/mol. The van der Waals surface area contributed by atoms with Crippen molar-refractivity contribution in [2.45, 2.75) is 43.5 Å². The van der Waals surface area contributed by atoms with Crippen LogP contribution in [0.3, 0.4) is 0 Å². The first kappa shape index (κ1) is 14.5. The van der Waals surface area contributed by atoms with Gasteiger partial charge < -0.3 is 4.90 Å². The number of carbonyl (C=O) groups excluding carboxylic acids is 1. The lowest BCUT2D eigenvalue weighted by Gasteiger charge is -2.23. The number of benzene rings is 1. The van der Waals surface area contributed by atoms with Crippen molar-refractivity contribution in [3.63, 3.8) is 0 Å². The van der Waals surface area contributed by atoms with Crippen LogP contribution < -0.4 is 5.14 Å². The van der Waals surface area contributed by atoms with Gasteiger partial charge in [0.1, 0.15) is 0 Å². The molecule has 2 N–H and O–H groups in total. The van der Waals surface area contributed by atoms with Crippen LogP contribution in [-0.4, -0.2) is 31.8 Å². The number of aryl methyl sites for hydroxylation is 1. The number of nitrogens with zero attached hydrogens (tertiary/aromatic N) is 1. The highest BCUT2D eigenvalue weighted by molar-refractivity contribution is 7.89. The smallest absolute Gasteiger partial charge is 0.254 e. The highest BCUT2D eigenvalue weighted by atomic mass is 32.2. The van der Waals surface area contributed by atoms with Crippen LogP contribution in [0.5, 0.6) is 0 Å². The SMILES string of the molecule is Cc1ccc(S(N)(=O)=O)cc1C(=O)N(CC1CC1)C1CC1. The molecule has 1 amide bonds. The molecule has 2 aliphatic rings. The van der Waals surface area contributed by atoms with E-state index in [1.165, 1.54) is 25.0 Å². The Morgan fingerprint density at radius 2 is 1.95 bits per heavy atom. The molecule has 0 radical (unpaired) electrons. The zero-order valence-electron chi connectivity index (χ0n) is 12.1. The first-order valence-corrected chi connectivity index (χ1v) is 8.85. The summed E-state index contributed by atoms with van der Waals surface area (Å²) in [6.07, 6.45) is 4.47. The maximum Gasteiger partial charge on any atom is 0.254 e. The third-order valence-corrected chi connectivity index (χ3v) is 5.08. The Morgan fingerprint density at radius 3 is 2.48 bits per heavy atom. The minimum absolute atomic E-state index is 0.00128. The molecule has 0 unspecified atom stereocenters. The number of carbonyl (C=O) groups is 1. The second-order valence-electron chi connectivity index (χ2n) is 6.15. The molecule has 0 spiro atoms. The zero-order chi connectivity index (χ0) is 15.2. The average Bonchev–Trinajstić information content (AvgIpc) is 3.26. The predicted octanol–water partition coefficient (Wildman–Crippen LogP) is 1.66. The van der Waals surface area contributed by atoms with Crippen LogP contribution in [0.25, 0.3) is 0 Å². The van der Waals surface area contributed by atoms with E-state index in [9.17, 15) is 13.2 Å². The molecule has 1 aromatic rings. The maximum atomic E-state index is 12.8. The van der Waals surface area contributed by atoms with Crippen molar-refractivity contribution in [2.24, 2.45) is 11.1 Å². The topological polar surface area (TPSA) is 80.5 Å². The van der Waals surface area contributed by atoms with Gasteiger partial charge in [-0.15, -0.1) is 0 Å². The molecule has 2 fully saturated rings. The molecule has 21 heavy (non-hydrogen) atoms. The van der Waals surface area contributed by atoms with Crippen LogP contribution in [-0.2, 0) is 10.0 Å². The fraction of sp³-hybridized carbons (Fsp3) is 0.533. The van der Waals surface area contributed by atoms with Crippen LogP contribution in [0.4, 0.5) is 0 Å². The standard InChI is InChI=1S/C15H20N2O3S/c1-10-2-7-13(21(16,19)20)8-14(10)15(18)17(12-5-6-12)9-11-3-4-11/h2,7-8,11-12H,3-6,9H2,1H3,(H2,16,19,20). The second-order valence-corrected chi connectivity index (χ2v) is 7.72. The lowest BCUT2D eigenvalue weighted by atomic mass is 10.1. The van der Waals surface area contributed by atoms with Gasteiger partial charge in [-0.2, -0.15) is 0 Å². The number of primary sulfonamides is 1. The number of nitrogens with two attached hydrogens (primary N) is 1. The summed E-state index contributed by atoms with van der Waals surface area (Å²) in [6.45, 7) is 2.62. The number of hydrogen-bond donors (Lipinski definition) is 1. The van der Waals surface area contributed by atoms with Gasteiger partial charge >= 0.3 is 0 Å². The van der Waals surface area contributed by atoms with E-state index in [1.807, 2.05) is 11.8 Å². The van der Waals surface area contributed by atoms with Crippen molar-refractivity contribution < 1.29 is 13.2 Å². The minimum atomic E-state index is -3.79. The Labute approximate surface area is 125 Å². The predicted molar refractivity (Wildman–Crippen MR) is 79.3 cm³/mol. The summed E-state index contributed by atoms with van der Waals surface area (Å²) in [4.78, 5) is 14.7. The molecule has 2 saturated carbocycles. The molecule has 0 heterocycles. The van der Waals surface area contributed by atoms with Crippen molar-refractivity contribution in [2.75, 3.05) is 6.54 Å². The normalized spacial score (nSPS) is 18.6. The van der Waals surface area contributed by atoms with Gasteiger partial charge in [-0.25, -0.2) is 13.6 Å². The van der Waals surface area contributed by atoms with Crippen LogP contribution in [0.2, 0.25) is 0 Å². The van der Waals surface area contributed by atoms with Crippen molar-refractivity contribution in [3.05, 3.63) is 29.3 Å². The van der Waals surface area contributed by atoms with Gasteiger partial charge in [0.15, 0.2) is 0 Å². The molecule has 0 aromatic heterocycles. The Balaban J connectivity index is 1.91.